The van der Waals surface area contributed by atoms with Crippen LogP contribution in [0.15, 0.2) is 53.3 Å². The Hall–Kier alpha value is -3.08. The number of nitrogens with one attached hydrogen (secondary N) is 2. The molecule has 5 nitrogen and oxygen atoms in total. The number of H-pyrrole nitrogens is 1. The first-order valence-corrected chi connectivity index (χ1v) is 8.12. The molecule has 0 bridgehead atoms. The first kappa shape index (κ1) is 16.8. The summed E-state index contributed by atoms with van der Waals surface area (Å²) in [6.07, 6.45) is 0.559. The van der Waals surface area contributed by atoms with Crippen LogP contribution in [0.4, 0.5) is 11.6 Å². The van der Waals surface area contributed by atoms with Crippen LogP contribution >= 0.6 is 0 Å². The third-order valence-electron chi connectivity index (χ3n) is 4.05. The zero-order chi connectivity index (χ0) is 17.8. The number of anilines is 2. The largest absolute Gasteiger partial charge is 0.495 e. The molecule has 3 aromatic rings. The molecule has 1 heterocycles. The van der Waals surface area contributed by atoms with E-state index in [0.717, 1.165) is 16.8 Å². The maximum Gasteiger partial charge on any atom is 0.256 e. The molecule has 0 radical (unpaired) electrons. The second-order valence-electron chi connectivity index (χ2n) is 5.97. The first-order valence-electron chi connectivity index (χ1n) is 8.12. The van der Waals surface area contributed by atoms with Gasteiger partial charge in [0, 0.05) is 12.0 Å². The Bertz CT molecular complexity index is 933. The van der Waals surface area contributed by atoms with Crippen LogP contribution in [0.2, 0.25) is 0 Å². The van der Waals surface area contributed by atoms with Gasteiger partial charge in [-0.25, -0.2) is 4.98 Å². The lowest BCUT2D eigenvalue weighted by molar-refractivity contribution is 0.416. The van der Waals surface area contributed by atoms with Crippen molar-refractivity contribution in [2.45, 2.75) is 20.3 Å². The molecule has 2 N–H and O–H groups in total. The predicted octanol–water partition coefficient (Wildman–Crippen LogP) is 3.73. The molecule has 25 heavy (non-hydrogen) atoms. The summed E-state index contributed by atoms with van der Waals surface area (Å²) in [5, 5.41) is 3.15. The van der Waals surface area contributed by atoms with Crippen LogP contribution in [0.1, 0.15) is 22.4 Å². The van der Waals surface area contributed by atoms with E-state index in [-0.39, 0.29) is 5.56 Å². The average molecular weight is 335 g/mol. The van der Waals surface area contributed by atoms with Crippen LogP contribution in [0.25, 0.3) is 0 Å². The van der Waals surface area contributed by atoms with E-state index in [9.17, 15) is 4.79 Å². The van der Waals surface area contributed by atoms with Crippen LogP contribution in [0, 0.1) is 13.8 Å². The first-order chi connectivity index (χ1) is 12.1. The molecule has 0 amide bonds. The average Bonchev–Trinajstić information content (AvgIpc) is 2.59. The van der Waals surface area contributed by atoms with Crippen molar-refractivity contribution in [2.24, 2.45) is 0 Å². The molecule has 0 aliphatic heterocycles. The predicted molar refractivity (Wildman–Crippen MR) is 99.9 cm³/mol. The molecule has 0 spiro atoms. The number of rotatable bonds is 5. The van der Waals surface area contributed by atoms with E-state index in [1.54, 1.807) is 7.11 Å². The molecule has 128 valence electrons. The Morgan fingerprint density at radius 2 is 1.88 bits per heavy atom. The summed E-state index contributed by atoms with van der Waals surface area (Å²) >= 11 is 0. The molecule has 0 atom stereocenters. The van der Waals surface area contributed by atoms with Gasteiger partial charge in [0.05, 0.1) is 18.5 Å². The molecule has 1 aromatic heterocycles. The van der Waals surface area contributed by atoms with Gasteiger partial charge in [-0.15, -0.1) is 0 Å². The van der Waals surface area contributed by atoms with Gasteiger partial charge in [0.25, 0.3) is 5.56 Å². The topological polar surface area (TPSA) is 67.0 Å². The van der Waals surface area contributed by atoms with Gasteiger partial charge in [0.1, 0.15) is 5.75 Å². The van der Waals surface area contributed by atoms with Crippen molar-refractivity contribution in [2.75, 3.05) is 12.4 Å². The molecule has 3 rings (SSSR count). The lowest BCUT2D eigenvalue weighted by Gasteiger charge is -2.12. The highest BCUT2D eigenvalue weighted by Crippen LogP contribution is 2.27. The Kier molecular flexibility index (Phi) is 4.84. The molecular formula is C20H21N3O2. The van der Waals surface area contributed by atoms with Crippen molar-refractivity contribution in [3.05, 3.63) is 81.3 Å². The summed E-state index contributed by atoms with van der Waals surface area (Å²) in [7, 11) is 1.61. The van der Waals surface area contributed by atoms with E-state index in [4.69, 9.17) is 4.74 Å². The van der Waals surface area contributed by atoms with Gasteiger partial charge in [-0.1, -0.05) is 36.4 Å². The van der Waals surface area contributed by atoms with Crippen molar-refractivity contribution in [1.82, 2.24) is 9.97 Å². The van der Waals surface area contributed by atoms with Crippen molar-refractivity contribution in [3.8, 4) is 5.75 Å². The summed E-state index contributed by atoms with van der Waals surface area (Å²) in [6.45, 7) is 3.85. The Balaban J connectivity index is 1.90. The van der Waals surface area contributed by atoms with Crippen LogP contribution < -0.4 is 15.6 Å². The molecular weight excluding hydrogens is 314 g/mol. The molecule has 0 unspecified atom stereocenters. The van der Waals surface area contributed by atoms with Crippen LogP contribution in [-0.4, -0.2) is 17.1 Å². The highest BCUT2D eigenvalue weighted by Gasteiger charge is 2.11. The second-order valence-corrected chi connectivity index (χ2v) is 5.97. The Labute approximate surface area is 146 Å². The van der Waals surface area contributed by atoms with Crippen molar-refractivity contribution >= 4 is 11.6 Å². The van der Waals surface area contributed by atoms with Crippen LogP contribution in [0.5, 0.6) is 5.75 Å². The molecule has 5 heteroatoms. The summed E-state index contributed by atoms with van der Waals surface area (Å²) in [5.41, 5.74) is 4.18. The Morgan fingerprint density at radius 3 is 2.56 bits per heavy atom. The summed E-state index contributed by atoms with van der Waals surface area (Å²) in [4.78, 5) is 19.8. The summed E-state index contributed by atoms with van der Waals surface area (Å²) < 4.78 is 5.35. The number of hydrogen-bond acceptors (Lipinski definition) is 4. The summed E-state index contributed by atoms with van der Waals surface area (Å²) in [6, 6.07) is 15.7. The highest BCUT2D eigenvalue weighted by molar-refractivity contribution is 5.63. The van der Waals surface area contributed by atoms with Gasteiger partial charge in [0.2, 0.25) is 5.95 Å². The molecule has 0 aliphatic rings. The van der Waals surface area contributed by atoms with Gasteiger partial charge in [0.15, 0.2) is 0 Å². The fraction of sp³-hybridized carbons (Fsp3) is 0.200. The maximum atomic E-state index is 12.5. The van der Waals surface area contributed by atoms with Crippen LogP contribution in [0.3, 0.4) is 0 Å². The molecule has 2 aromatic carbocycles. The van der Waals surface area contributed by atoms with E-state index < -0.39 is 0 Å². The zero-order valence-electron chi connectivity index (χ0n) is 14.6. The van der Waals surface area contributed by atoms with E-state index in [1.165, 1.54) is 0 Å². The van der Waals surface area contributed by atoms with Gasteiger partial charge < -0.3 is 10.1 Å². The monoisotopic (exact) mass is 335 g/mol. The van der Waals surface area contributed by atoms with Gasteiger partial charge in [-0.2, -0.15) is 0 Å². The highest BCUT2D eigenvalue weighted by atomic mass is 16.5. The van der Waals surface area contributed by atoms with E-state index in [0.29, 0.717) is 29.4 Å². The number of aryl methyl sites for hydroxylation is 2. The molecule has 0 saturated heterocycles. The van der Waals surface area contributed by atoms with Crippen molar-refractivity contribution < 1.29 is 4.74 Å². The van der Waals surface area contributed by atoms with Crippen LogP contribution in [-0.2, 0) is 6.42 Å². The molecule has 0 saturated carbocycles. The number of benzene rings is 2. The fourth-order valence-corrected chi connectivity index (χ4v) is 2.72. The molecule has 0 aliphatic carbocycles. The van der Waals surface area contributed by atoms with Gasteiger partial charge >= 0.3 is 0 Å². The number of ether oxygens (including phenoxy) is 1. The minimum atomic E-state index is -0.134. The smallest absolute Gasteiger partial charge is 0.256 e. The number of aromatic nitrogens is 2. The number of aromatic amines is 1. The van der Waals surface area contributed by atoms with Gasteiger partial charge in [-0.05, 0) is 37.1 Å². The van der Waals surface area contributed by atoms with E-state index in [2.05, 4.69) is 15.3 Å². The third-order valence-corrected chi connectivity index (χ3v) is 4.05. The van der Waals surface area contributed by atoms with E-state index in [1.807, 2.05) is 62.4 Å². The van der Waals surface area contributed by atoms with E-state index >= 15 is 0 Å². The zero-order valence-corrected chi connectivity index (χ0v) is 14.6. The minimum absolute atomic E-state index is 0.134. The number of hydrogen-bond donors (Lipinski definition) is 2. The Morgan fingerprint density at radius 1 is 1.12 bits per heavy atom. The minimum Gasteiger partial charge on any atom is -0.495 e. The van der Waals surface area contributed by atoms with Gasteiger partial charge in [-0.3, -0.25) is 9.78 Å². The number of methoxy groups -OCH3 is 1. The summed E-state index contributed by atoms with van der Waals surface area (Å²) in [5.74, 6) is 1.10. The number of nitrogens with zero attached hydrogens (tertiary/aromatic N) is 1. The SMILES string of the molecule is COc1ccc(C)cc1Nc1nc(C)c(Cc2ccccc2)c(=O)[nH]1. The fourth-order valence-electron chi connectivity index (χ4n) is 2.72. The third kappa shape index (κ3) is 3.88. The molecule has 0 fully saturated rings. The second kappa shape index (κ2) is 7.21. The lowest BCUT2D eigenvalue weighted by atomic mass is 10.1. The maximum absolute atomic E-state index is 12.5. The standard InChI is InChI=1S/C20H21N3O2/c1-13-9-10-18(25-3)17(11-13)22-20-21-14(2)16(19(24)23-20)12-15-7-5-4-6-8-15/h4-11H,12H2,1-3H3,(H2,21,22,23,24). The van der Waals surface area contributed by atoms with Crippen molar-refractivity contribution in [3.63, 3.8) is 0 Å². The quantitative estimate of drug-likeness (QED) is 0.745. The van der Waals surface area contributed by atoms with Crippen molar-refractivity contribution in [1.29, 1.82) is 0 Å². The lowest BCUT2D eigenvalue weighted by Crippen LogP contribution is -2.18. The normalized spacial score (nSPS) is 10.5.